The monoisotopic (exact) mass is 399 g/mol. The van der Waals surface area contributed by atoms with Gasteiger partial charge in [-0.2, -0.15) is 0 Å². The Morgan fingerprint density at radius 1 is 1.07 bits per heavy atom. The lowest BCUT2D eigenvalue weighted by molar-refractivity contribution is -0.114. The zero-order chi connectivity index (χ0) is 20.1. The fourth-order valence-corrected chi connectivity index (χ4v) is 3.92. The number of anilines is 2. The van der Waals surface area contributed by atoms with E-state index in [1.165, 1.54) is 42.7 Å². The van der Waals surface area contributed by atoms with Crippen molar-refractivity contribution in [1.29, 1.82) is 0 Å². The number of carbonyl (C=O) groups excluding carboxylic acids is 1. The number of nitrogens with one attached hydrogen (secondary N) is 1. The second kappa shape index (κ2) is 8.18. The second-order valence-corrected chi connectivity index (χ2v) is 7.93. The van der Waals surface area contributed by atoms with Crippen LogP contribution < -0.4 is 9.62 Å². The Labute approximate surface area is 162 Å². The summed E-state index contributed by atoms with van der Waals surface area (Å²) in [4.78, 5) is 16.3. The summed E-state index contributed by atoms with van der Waals surface area (Å²) in [6.07, 6.45) is 2.67. The first-order chi connectivity index (χ1) is 13.4. The van der Waals surface area contributed by atoms with Gasteiger partial charge in [0, 0.05) is 12.4 Å². The lowest BCUT2D eigenvalue weighted by Crippen LogP contribution is -2.38. The van der Waals surface area contributed by atoms with Gasteiger partial charge in [0.2, 0.25) is 5.91 Å². The zero-order valence-corrected chi connectivity index (χ0v) is 15.9. The van der Waals surface area contributed by atoms with Crippen LogP contribution in [0.3, 0.4) is 0 Å². The maximum Gasteiger partial charge on any atom is 0.266 e. The van der Waals surface area contributed by atoms with Crippen molar-refractivity contribution in [2.75, 3.05) is 16.2 Å². The van der Waals surface area contributed by atoms with E-state index in [0.29, 0.717) is 5.69 Å². The summed E-state index contributed by atoms with van der Waals surface area (Å²) < 4.78 is 41.0. The molecular weight excluding hydrogens is 381 g/mol. The molecule has 0 radical (unpaired) electrons. The molecule has 3 aromatic rings. The minimum Gasteiger partial charge on any atom is -0.322 e. The molecule has 8 heteroatoms. The molecule has 2 aromatic carbocycles. The lowest BCUT2D eigenvalue weighted by Gasteiger charge is -2.24. The molecule has 0 fully saturated rings. The first-order valence-corrected chi connectivity index (χ1v) is 9.86. The molecule has 1 aromatic heterocycles. The summed E-state index contributed by atoms with van der Waals surface area (Å²) in [6.45, 7) is 1.35. The summed E-state index contributed by atoms with van der Waals surface area (Å²) >= 11 is 0. The maximum atomic E-state index is 13.8. The van der Waals surface area contributed by atoms with Gasteiger partial charge in [-0.05, 0) is 43.3 Å². The normalized spacial score (nSPS) is 11.1. The number of aryl methyl sites for hydroxylation is 1. The topological polar surface area (TPSA) is 79.4 Å². The van der Waals surface area contributed by atoms with Gasteiger partial charge < -0.3 is 5.32 Å². The van der Waals surface area contributed by atoms with E-state index in [9.17, 15) is 17.6 Å². The average Bonchev–Trinajstić information content (AvgIpc) is 2.69. The number of sulfonamides is 1. The number of halogens is 1. The number of hydrogen-bond acceptors (Lipinski definition) is 4. The quantitative estimate of drug-likeness (QED) is 0.689. The average molecular weight is 399 g/mol. The molecule has 3 rings (SSSR count). The van der Waals surface area contributed by atoms with Crippen molar-refractivity contribution < 1.29 is 17.6 Å². The summed E-state index contributed by atoms with van der Waals surface area (Å²) in [5, 5.41) is 2.41. The molecule has 28 heavy (non-hydrogen) atoms. The predicted molar refractivity (Wildman–Crippen MR) is 105 cm³/mol. The Balaban J connectivity index is 1.94. The molecule has 1 heterocycles. The van der Waals surface area contributed by atoms with Crippen molar-refractivity contribution in [3.8, 4) is 0 Å². The van der Waals surface area contributed by atoms with E-state index in [1.54, 1.807) is 30.3 Å². The van der Waals surface area contributed by atoms with Crippen LogP contribution in [-0.4, -0.2) is 25.9 Å². The minimum absolute atomic E-state index is 0.0184. The number of rotatable bonds is 6. The molecule has 6 nitrogen and oxygen atoms in total. The van der Waals surface area contributed by atoms with E-state index in [-0.39, 0.29) is 10.6 Å². The van der Waals surface area contributed by atoms with Crippen molar-refractivity contribution >= 4 is 27.3 Å². The predicted octanol–water partition coefficient (Wildman–Crippen LogP) is 3.36. The van der Waals surface area contributed by atoms with Gasteiger partial charge in [-0.3, -0.25) is 14.1 Å². The Morgan fingerprint density at radius 2 is 1.79 bits per heavy atom. The van der Waals surface area contributed by atoms with Crippen LogP contribution in [0, 0.1) is 12.7 Å². The highest BCUT2D eigenvalue weighted by atomic mass is 32.2. The maximum absolute atomic E-state index is 13.8. The van der Waals surface area contributed by atoms with E-state index in [2.05, 4.69) is 10.3 Å². The number of carbonyl (C=O) groups is 1. The lowest BCUT2D eigenvalue weighted by atomic mass is 10.2. The molecule has 0 atom stereocenters. The van der Waals surface area contributed by atoms with E-state index in [0.717, 1.165) is 9.87 Å². The molecule has 0 unspecified atom stereocenters. The summed E-state index contributed by atoms with van der Waals surface area (Å²) in [5.41, 5.74) is 1.24. The largest absolute Gasteiger partial charge is 0.322 e. The molecule has 1 amide bonds. The van der Waals surface area contributed by atoms with Gasteiger partial charge >= 0.3 is 0 Å². The molecule has 144 valence electrons. The van der Waals surface area contributed by atoms with Crippen molar-refractivity contribution in [1.82, 2.24) is 4.98 Å². The van der Waals surface area contributed by atoms with Crippen LogP contribution in [0.25, 0.3) is 0 Å². The van der Waals surface area contributed by atoms with Gasteiger partial charge in [-0.25, -0.2) is 12.8 Å². The van der Waals surface area contributed by atoms with Crippen LogP contribution in [0.15, 0.2) is 78.0 Å². The number of aromatic nitrogens is 1. The third-order valence-electron chi connectivity index (χ3n) is 3.98. The highest BCUT2D eigenvalue weighted by molar-refractivity contribution is 7.92. The standard InChI is InChI=1S/C20H18FN3O3S/c1-15-8-10-16(11-9-15)24(28(26,27)17-5-4-12-22-13-17)14-20(25)23-19-7-3-2-6-18(19)21/h2-13H,14H2,1H3,(H,23,25). The SMILES string of the molecule is Cc1ccc(N(CC(=O)Nc2ccccc2F)S(=O)(=O)c2cccnc2)cc1. The Hall–Kier alpha value is -3.26. The number of para-hydroxylation sites is 1. The van der Waals surface area contributed by atoms with Gasteiger partial charge in [-0.1, -0.05) is 29.8 Å². The van der Waals surface area contributed by atoms with E-state index in [1.807, 2.05) is 6.92 Å². The molecule has 0 bridgehead atoms. The van der Waals surface area contributed by atoms with Crippen LogP contribution in [0.5, 0.6) is 0 Å². The Bertz CT molecular complexity index is 1070. The number of nitrogens with zero attached hydrogens (tertiary/aromatic N) is 2. The minimum atomic E-state index is -4.05. The van der Waals surface area contributed by atoms with E-state index in [4.69, 9.17) is 0 Å². The van der Waals surface area contributed by atoms with Gasteiger partial charge in [0.25, 0.3) is 10.0 Å². The van der Waals surface area contributed by atoms with Crippen LogP contribution >= 0.6 is 0 Å². The van der Waals surface area contributed by atoms with Crippen LogP contribution in [-0.2, 0) is 14.8 Å². The van der Waals surface area contributed by atoms with Crippen molar-refractivity contribution in [2.24, 2.45) is 0 Å². The van der Waals surface area contributed by atoms with Crippen LogP contribution in [0.1, 0.15) is 5.56 Å². The zero-order valence-electron chi connectivity index (χ0n) is 15.0. The summed E-state index contributed by atoms with van der Waals surface area (Å²) in [7, 11) is -4.05. The van der Waals surface area contributed by atoms with Crippen molar-refractivity contribution in [2.45, 2.75) is 11.8 Å². The third-order valence-corrected chi connectivity index (χ3v) is 5.74. The fourth-order valence-electron chi connectivity index (χ4n) is 2.54. The van der Waals surface area contributed by atoms with E-state index >= 15 is 0 Å². The molecule has 0 spiro atoms. The third kappa shape index (κ3) is 4.34. The van der Waals surface area contributed by atoms with Crippen molar-refractivity contribution in [3.63, 3.8) is 0 Å². The Kier molecular flexibility index (Phi) is 5.70. The summed E-state index contributed by atoms with van der Waals surface area (Å²) in [5.74, 6) is -1.27. The van der Waals surface area contributed by atoms with Crippen LogP contribution in [0.2, 0.25) is 0 Å². The molecule has 0 aliphatic rings. The first-order valence-electron chi connectivity index (χ1n) is 8.42. The Morgan fingerprint density at radius 3 is 2.43 bits per heavy atom. The number of hydrogen-bond donors (Lipinski definition) is 1. The van der Waals surface area contributed by atoms with E-state index < -0.39 is 28.3 Å². The highest BCUT2D eigenvalue weighted by Gasteiger charge is 2.27. The molecule has 0 saturated carbocycles. The molecular formula is C20H18FN3O3S. The van der Waals surface area contributed by atoms with Crippen LogP contribution in [0.4, 0.5) is 15.8 Å². The van der Waals surface area contributed by atoms with Crippen molar-refractivity contribution in [3.05, 3.63) is 84.4 Å². The van der Waals surface area contributed by atoms with Gasteiger partial charge in [0.05, 0.1) is 11.4 Å². The number of benzene rings is 2. The smallest absolute Gasteiger partial charge is 0.266 e. The van der Waals surface area contributed by atoms with Gasteiger partial charge in [-0.15, -0.1) is 0 Å². The fraction of sp³-hybridized carbons (Fsp3) is 0.100. The molecule has 0 aliphatic heterocycles. The van der Waals surface area contributed by atoms with Gasteiger partial charge in [0.1, 0.15) is 17.3 Å². The first kappa shape index (κ1) is 19.5. The number of pyridine rings is 1. The molecule has 0 aliphatic carbocycles. The summed E-state index contributed by atoms with van der Waals surface area (Å²) in [6, 6.07) is 15.3. The number of amides is 1. The molecule has 0 saturated heterocycles. The second-order valence-electron chi connectivity index (χ2n) is 6.06. The highest BCUT2D eigenvalue weighted by Crippen LogP contribution is 2.24. The van der Waals surface area contributed by atoms with Gasteiger partial charge in [0.15, 0.2) is 0 Å². The molecule has 1 N–H and O–H groups in total.